The topological polar surface area (TPSA) is 134 Å². The highest BCUT2D eigenvalue weighted by molar-refractivity contribution is 9.10. The van der Waals surface area contributed by atoms with Crippen LogP contribution in [0.15, 0.2) is 99.7 Å². The van der Waals surface area contributed by atoms with E-state index in [2.05, 4.69) is 31.8 Å². The van der Waals surface area contributed by atoms with Gasteiger partial charge in [0.1, 0.15) is 11.4 Å². The number of phenols is 1. The Labute approximate surface area is 215 Å². The molecule has 0 aliphatic heterocycles. The van der Waals surface area contributed by atoms with Crippen LogP contribution < -0.4 is 10.7 Å². The number of allylic oxidation sites excluding steroid dienone is 2. The summed E-state index contributed by atoms with van der Waals surface area (Å²) in [7, 11) is 0. The number of carbonyl (C=O) groups is 2. The Kier molecular flexibility index (Phi) is 8.84. The van der Waals surface area contributed by atoms with Gasteiger partial charge in [-0.1, -0.05) is 54.6 Å². The molecule has 10 heteroatoms. The summed E-state index contributed by atoms with van der Waals surface area (Å²) in [6.45, 7) is 1.77. The molecular formula is C26H21BrN4O5. The Morgan fingerprint density at radius 1 is 1.06 bits per heavy atom. The molecule has 0 aliphatic carbocycles. The molecule has 9 nitrogen and oxygen atoms in total. The molecule has 182 valence electrons. The van der Waals surface area contributed by atoms with E-state index < -0.39 is 16.7 Å². The summed E-state index contributed by atoms with van der Waals surface area (Å²) in [5, 5.41) is 27.6. The molecule has 3 N–H and O–H groups in total. The summed E-state index contributed by atoms with van der Waals surface area (Å²) in [6, 6.07) is 20.1. The molecule has 3 aromatic rings. The van der Waals surface area contributed by atoms with Crippen LogP contribution in [0.1, 0.15) is 28.4 Å². The third kappa shape index (κ3) is 7.21. The first-order valence-electron chi connectivity index (χ1n) is 10.6. The van der Waals surface area contributed by atoms with Crippen molar-refractivity contribution >= 4 is 45.7 Å². The fourth-order valence-corrected chi connectivity index (χ4v) is 3.52. The van der Waals surface area contributed by atoms with Crippen LogP contribution in [0.25, 0.3) is 6.08 Å². The number of nitrogens with zero attached hydrogens (tertiary/aromatic N) is 2. The number of nitro benzene ring substituents is 1. The van der Waals surface area contributed by atoms with E-state index >= 15 is 0 Å². The van der Waals surface area contributed by atoms with E-state index in [1.807, 2.05) is 36.4 Å². The van der Waals surface area contributed by atoms with Crippen molar-refractivity contribution in [3.05, 3.63) is 121 Å². The first-order chi connectivity index (χ1) is 17.2. The normalized spacial score (nSPS) is 11.8. The van der Waals surface area contributed by atoms with Crippen LogP contribution in [0, 0.1) is 10.1 Å². The van der Waals surface area contributed by atoms with Gasteiger partial charge in [-0.15, -0.1) is 0 Å². The maximum absolute atomic E-state index is 12.9. The molecule has 0 saturated carbocycles. The highest BCUT2D eigenvalue weighted by Gasteiger charge is 2.16. The monoisotopic (exact) mass is 548 g/mol. The quantitative estimate of drug-likeness (QED) is 0.120. The van der Waals surface area contributed by atoms with E-state index in [9.17, 15) is 24.8 Å². The predicted molar refractivity (Wildman–Crippen MR) is 140 cm³/mol. The van der Waals surface area contributed by atoms with E-state index in [1.54, 1.807) is 37.3 Å². The van der Waals surface area contributed by atoms with Gasteiger partial charge in [0.25, 0.3) is 17.5 Å². The van der Waals surface area contributed by atoms with Gasteiger partial charge in [0.05, 0.1) is 15.6 Å². The number of amides is 2. The molecule has 3 aromatic carbocycles. The Hall–Kier alpha value is -4.57. The standard InChI is InChI=1S/C26H21BrN4O5/c1-17(12-18-8-4-2-5-9-18)13-23(29-25(33)19-10-6-3-7-11-19)26(34)30-28-16-20-14-21(31(35)36)15-22(27)24(20)32/h2-16,32H,1H3,(H,29,33)(H,30,34)/b17-12+,23-13-,28-16+. The Balaban J connectivity index is 1.86. The second-order valence-electron chi connectivity index (χ2n) is 7.50. The molecule has 0 bridgehead atoms. The fraction of sp³-hybridized carbons (Fsp3) is 0.0385. The van der Waals surface area contributed by atoms with Crippen molar-refractivity contribution in [3.8, 4) is 5.75 Å². The van der Waals surface area contributed by atoms with Crippen molar-refractivity contribution in [2.24, 2.45) is 5.10 Å². The fourth-order valence-electron chi connectivity index (χ4n) is 3.05. The molecule has 0 aliphatic rings. The molecule has 0 atom stereocenters. The summed E-state index contributed by atoms with van der Waals surface area (Å²) < 4.78 is 0.0989. The van der Waals surface area contributed by atoms with Gasteiger partial charge in [0.15, 0.2) is 0 Å². The summed E-state index contributed by atoms with van der Waals surface area (Å²) in [6.07, 6.45) is 4.40. The van der Waals surface area contributed by atoms with Gasteiger partial charge < -0.3 is 10.4 Å². The number of hydrogen-bond donors (Lipinski definition) is 3. The SMILES string of the molecule is CC(/C=C(\NC(=O)c1ccccc1)C(=O)N/N=C/c1cc([N+](=O)[O-])cc(Br)c1O)=C\c1ccccc1. The molecule has 2 amide bonds. The molecule has 0 unspecified atom stereocenters. The minimum absolute atomic E-state index is 0.00961. The summed E-state index contributed by atoms with van der Waals surface area (Å²) in [5.41, 5.74) is 3.89. The summed E-state index contributed by atoms with van der Waals surface area (Å²) >= 11 is 3.05. The minimum Gasteiger partial charge on any atom is -0.506 e. The zero-order valence-corrected chi connectivity index (χ0v) is 20.6. The third-order valence-electron chi connectivity index (χ3n) is 4.75. The maximum atomic E-state index is 12.9. The first kappa shape index (κ1) is 26.0. The lowest BCUT2D eigenvalue weighted by Gasteiger charge is -2.09. The van der Waals surface area contributed by atoms with Crippen molar-refractivity contribution in [2.45, 2.75) is 6.92 Å². The van der Waals surface area contributed by atoms with Gasteiger partial charge in [-0.3, -0.25) is 19.7 Å². The van der Waals surface area contributed by atoms with Crippen LogP contribution in [-0.2, 0) is 4.79 Å². The Bertz CT molecular complexity index is 1370. The highest BCUT2D eigenvalue weighted by atomic mass is 79.9. The Morgan fingerprint density at radius 3 is 2.33 bits per heavy atom. The van der Waals surface area contributed by atoms with Crippen molar-refractivity contribution in [3.63, 3.8) is 0 Å². The molecule has 36 heavy (non-hydrogen) atoms. The number of hydrazone groups is 1. The molecule has 0 saturated heterocycles. The minimum atomic E-state index is -0.736. The van der Waals surface area contributed by atoms with Crippen molar-refractivity contribution in [2.75, 3.05) is 0 Å². The average Bonchev–Trinajstić information content (AvgIpc) is 2.86. The predicted octanol–water partition coefficient (Wildman–Crippen LogP) is 4.93. The van der Waals surface area contributed by atoms with E-state index in [0.717, 1.165) is 23.9 Å². The number of hydrogen-bond acceptors (Lipinski definition) is 6. The lowest BCUT2D eigenvalue weighted by atomic mass is 10.1. The Morgan fingerprint density at radius 2 is 1.69 bits per heavy atom. The molecule has 0 spiro atoms. The van der Waals surface area contributed by atoms with E-state index in [-0.39, 0.29) is 27.2 Å². The van der Waals surface area contributed by atoms with Crippen LogP contribution in [-0.4, -0.2) is 28.1 Å². The number of aromatic hydroxyl groups is 1. The first-order valence-corrected chi connectivity index (χ1v) is 11.4. The van der Waals surface area contributed by atoms with Gasteiger partial charge in [-0.25, -0.2) is 5.43 Å². The van der Waals surface area contributed by atoms with Gasteiger partial charge >= 0.3 is 0 Å². The number of carbonyl (C=O) groups excluding carboxylic acids is 2. The van der Waals surface area contributed by atoms with Crippen molar-refractivity contribution < 1.29 is 19.6 Å². The molecule has 3 rings (SSSR count). The number of nitro groups is 1. The summed E-state index contributed by atoms with van der Waals surface area (Å²) in [5.74, 6) is -1.51. The molecule has 0 aromatic heterocycles. The van der Waals surface area contributed by atoms with Crippen LogP contribution >= 0.6 is 15.9 Å². The van der Waals surface area contributed by atoms with Gasteiger partial charge in [-0.2, -0.15) is 5.10 Å². The van der Waals surface area contributed by atoms with Gasteiger partial charge in [0.2, 0.25) is 0 Å². The highest BCUT2D eigenvalue weighted by Crippen LogP contribution is 2.31. The molecular weight excluding hydrogens is 528 g/mol. The van der Waals surface area contributed by atoms with E-state index in [0.29, 0.717) is 11.1 Å². The second kappa shape index (κ2) is 12.2. The van der Waals surface area contributed by atoms with Crippen LogP contribution in [0.5, 0.6) is 5.75 Å². The third-order valence-corrected chi connectivity index (χ3v) is 5.36. The lowest BCUT2D eigenvalue weighted by molar-refractivity contribution is -0.385. The number of nitrogens with one attached hydrogen (secondary N) is 2. The number of halogens is 1. The number of phenolic OH excluding ortho intramolecular Hbond substituents is 1. The van der Waals surface area contributed by atoms with Crippen molar-refractivity contribution in [1.29, 1.82) is 0 Å². The largest absolute Gasteiger partial charge is 0.506 e. The van der Waals surface area contributed by atoms with Crippen LogP contribution in [0.3, 0.4) is 0 Å². The molecule has 0 heterocycles. The van der Waals surface area contributed by atoms with E-state index in [4.69, 9.17) is 0 Å². The number of non-ortho nitro benzene ring substituents is 1. The van der Waals surface area contributed by atoms with Crippen LogP contribution in [0.4, 0.5) is 5.69 Å². The van der Waals surface area contributed by atoms with Crippen molar-refractivity contribution in [1.82, 2.24) is 10.7 Å². The zero-order chi connectivity index (χ0) is 26.1. The molecule has 0 fully saturated rings. The lowest BCUT2D eigenvalue weighted by Crippen LogP contribution is -2.33. The van der Waals surface area contributed by atoms with Gasteiger partial charge in [0, 0.05) is 23.3 Å². The average molecular weight is 549 g/mol. The van der Waals surface area contributed by atoms with Crippen LogP contribution in [0.2, 0.25) is 0 Å². The maximum Gasteiger partial charge on any atom is 0.287 e. The van der Waals surface area contributed by atoms with Gasteiger partial charge in [-0.05, 0) is 52.2 Å². The smallest absolute Gasteiger partial charge is 0.287 e. The van der Waals surface area contributed by atoms with E-state index in [1.165, 1.54) is 6.08 Å². The molecule has 0 radical (unpaired) electrons. The summed E-state index contributed by atoms with van der Waals surface area (Å²) in [4.78, 5) is 36.0. The number of rotatable bonds is 8. The zero-order valence-electron chi connectivity index (χ0n) is 19.0. The number of benzene rings is 3. The second-order valence-corrected chi connectivity index (χ2v) is 8.35.